The van der Waals surface area contributed by atoms with Crippen LogP contribution >= 0.6 is 0 Å². The van der Waals surface area contributed by atoms with E-state index in [4.69, 9.17) is 9.84 Å². The number of benzene rings is 2. The predicted molar refractivity (Wildman–Crippen MR) is 101 cm³/mol. The monoisotopic (exact) mass is 357 g/mol. The van der Waals surface area contributed by atoms with Crippen molar-refractivity contribution in [3.05, 3.63) is 65.7 Å². The fraction of sp³-hybridized carbons (Fsp3) is 0.381. The van der Waals surface area contributed by atoms with E-state index in [1.54, 1.807) is 19.1 Å². The van der Waals surface area contributed by atoms with Gasteiger partial charge in [-0.25, -0.2) is 0 Å². The Bertz CT molecular complexity index is 657. The maximum Gasteiger partial charge on any atom is 0.220 e. The number of aliphatic hydroxyl groups is 1. The average molecular weight is 357 g/mol. The summed E-state index contributed by atoms with van der Waals surface area (Å²) >= 11 is 0. The van der Waals surface area contributed by atoms with Gasteiger partial charge in [0.05, 0.1) is 25.4 Å². The van der Waals surface area contributed by atoms with Crippen LogP contribution in [0.1, 0.15) is 24.5 Å². The molecule has 2 aromatic rings. The number of carbonyl (C=O) groups is 1. The summed E-state index contributed by atoms with van der Waals surface area (Å²) in [5, 5.41) is 21.5. The Morgan fingerprint density at radius 1 is 1.08 bits per heavy atom. The normalized spacial score (nSPS) is 13.2. The molecule has 0 saturated carbocycles. The van der Waals surface area contributed by atoms with E-state index in [0.29, 0.717) is 25.9 Å². The van der Waals surface area contributed by atoms with Crippen LogP contribution in [0.25, 0.3) is 0 Å². The lowest BCUT2D eigenvalue weighted by atomic mass is 10.1. The van der Waals surface area contributed by atoms with Gasteiger partial charge in [0, 0.05) is 6.42 Å². The van der Waals surface area contributed by atoms with Gasteiger partial charge < -0.3 is 20.3 Å². The molecule has 5 nitrogen and oxygen atoms in total. The summed E-state index contributed by atoms with van der Waals surface area (Å²) in [6.07, 6.45) is 1.41. The number of aliphatic hydroxyl groups excluding tert-OH is 1. The summed E-state index contributed by atoms with van der Waals surface area (Å²) in [5.74, 6) is 0.181. The molecule has 26 heavy (non-hydrogen) atoms. The van der Waals surface area contributed by atoms with Crippen LogP contribution in [0.3, 0.4) is 0 Å². The third kappa shape index (κ3) is 7.25. The van der Waals surface area contributed by atoms with Crippen molar-refractivity contribution in [1.82, 2.24) is 5.32 Å². The van der Waals surface area contributed by atoms with E-state index in [0.717, 1.165) is 11.1 Å². The van der Waals surface area contributed by atoms with Crippen molar-refractivity contribution in [1.29, 1.82) is 0 Å². The first-order chi connectivity index (χ1) is 12.6. The first-order valence-corrected chi connectivity index (χ1v) is 8.90. The minimum Gasteiger partial charge on any atom is -0.508 e. The maximum atomic E-state index is 12.3. The fourth-order valence-electron chi connectivity index (χ4n) is 2.60. The summed E-state index contributed by atoms with van der Waals surface area (Å²) in [7, 11) is 0. The molecule has 0 aromatic heterocycles. The van der Waals surface area contributed by atoms with Crippen LogP contribution in [0.5, 0.6) is 5.75 Å². The zero-order chi connectivity index (χ0) is 18.8. The molecule has 2 atom stereocenters. The minimum absolute atomic E-state index is 0.0297. The molecule has 1 unspecified atom stereocenters. The largest absolute Gasteiger partial charge is 0.508 e. The second kappa shape index (κ2) is 10.6. The first-order valence-electron chi connectivity index (χ1n) is 8.90. The van der Waals surface area contributed by atoms with E-state index in [2.05, 4.69) is 5.32 Å². The lowest BCUT2D eigenvalue weighted by molar-refractivity contribution is -0.122. The van der Waals surface area contributed by atoms with Crippen molar-refractivity contribution < 1.29 is 19.7 Å². The van der Waals surface area contributed by atoms with Crippen LogP contribution in [0.15, 0.2) is 54.6 Å². The quantitative estimate of drug-likeness (QED) is 0.610. The standard InChI is InChI=1S/C21H27NO4/c1-16(14-23)26-15-19(13-18-7-10-20(24)11-8-18)22-21(25)12-9-17-5-3-2-4-6-17/h2-8,10-11,16,19,23-24H,9,12-15H2,1H3,(H,22,25)/t16?,19-/m1/s1. The van der Waals surface area contributed by atoms with Gasteiger partial charge in [0.1, 0.15) is 5.75 Å². The second-order valence-corrected chi connectivity index (χ2v) is 6.45. The highest BCUT2D eigenvalue weighted by Crippen LogP contribution is 2.12. The van der Waals surface area contributed by atoms with E-state index in [1.165, 1.54) is 0 Å². The van der Waals surface area contributed by atoms with E-state index < -0.39 is 0 Å². The second-order valence-electron chi connectivity index (χ2n) is 6.45. The highest BCUT2D eigenvalue weighted by Gasteiger charge is 2.15. The number of carbonyl (C=O) groups excluding carboxylic acids is 1. The Balaban J connectivity index is 1.91. The molecule has 5 heteroatoms. The third-order valence-corrected chi connectivity index (χ3v) is 4.11. The molecule has 140 valence electrons. The molecule has 2 rings (SSSR count). The Kier molecular flexibility index (Phi) is 8.12. The smallest absolute Gasteiger partial charge is 0.220 e. The SMILES string of the molecule is CC(CO)OC[C@@H](Cc1ccc(O)cc1)NC(=O)CCc1ccccc1. The van der Waals surface area contributed by atoms with Crippen molar-refractivity contribution >= 4 is 5.91 Å². The van der Waals surface area contributed by atoms with Crippen molar-refractivity contribution in [3.63, 3.8) is 0 Å². The summed E-state index contributed by atoms with van der Waals surface area (Å²) in [4.78, 5) is 12.3. The molecule has 3 N–H and O–H groups in total. The van der Waals surface area contributed by atoms with Gasteiger partial charge in [0.25, 0.3) is 0 Å². The van der Waals surface area contributed by atoms with Gasteiger partial charge in [-0.2, -0.15) is 0 Å². The van der Waals surface area contributed by atoms with E-state index in [1.807, 2.05) is 42.5 Å². The number of phenolic OH excluding ortho intramolecular Hbond substituents is 1. The minimum atomic E-state index is -0.279. The number of aryl methyl sites for hydroxylation is 1. The van der Waals surface area contributed by atoms with Crippen molar-refractivity contribution in [2.45, 2.75) is 38.3 Å². The molecule has 0 aliphatic carbocycles. The summed E-state index contributed by atoms with van der Waals surface area (Å²) < 4.78 is 5.60. The molecule has 2 aromatic carbocycles. The lowest BCUT2D eigenvalue weighted by Gasteiger charge is -2.21. The molecule has 0 spiro atoms. The van der Waals surface area contributed by atoms with Gasteiger partial charge in [-0.1, -0.05) is 42.5 Å². The Morgan fingerprint density at radius 2 is 1.77 bits per heavy atom. The molecule has 1 amide bonds. The maximum absolute atomic E-state index is 12.3. The molecule has 0 fully saturated rings. The molecule has 0 bridgehead atoms. The third-order valence-electron chi connectivity index (χ3n) is 4.11. The van der Waals surface area contributed by atoms with E-state index in [9.17, 15) is 9.90 Å². The van der Waals surface area contributed by atoms with Crippen LogP contribution in [0, 0.1) is 0 Å². The van der Waals surface area contributed by atoms with Crippen LogP contribution < -0.4 is 5.32 Å². The molecule has 0 heterocycles. The zero-order valence-electron chi connectivity index (χ0n) is 15.1. The number of hydrogen-bond donors (Lipinski definition) is 3. The Hall–Kier alpha value is -2.37. The van der Waals surface area contributed by atoms with Crippen LogP contribution in [0.4, 0.5) is 0 Å². The van der Waals surface area contributed by atoms with Gasteiger partial charge in [-0.3, -0.25) is 4.79 Å². The average Bonchev–Trinajstić information content (AvgIpc) is 2.66. The topological polar surface area (TPSA) is 78.8 Å². The van der Waals surface area contributed by atoms with Gasteiger partial charge in [0.15, 0.2) is 0 Å². The molecule has 0 aliphatic heterocycles. The van der Waals surface area contributed by atoms with Gasteiger partial charge in [0.2, 0.25) is 5.91 Å². The molecule has 0 saturated heterocycles. The zero-order valence-corrected chi connectivity index (χ0v) is 15.1. The van der Waals surface area contributed by atoms with Gasteiger partial charge in [-0.05, 0) is 43.0 Å². The number of hydrogen-bond acceptors (Lipinski definition) is 4. The van der Waals surface area contributed by atoms with Crippen LogP contribution in [-0.4, -0.2) is 41.5 Å². The van der Waals surface area contributed by atoms with E-state index in [-0.39, 0.29) is 30.4 Å². The number of amides is 1. The summed E-state index contributed by atoms with van der Waals surface area (Å²) in [6.45, 7) is 2.04. The molecular weight excluding hydrogens is 330 g/mol. The number of ether oxygens (including phenoxy) is 1. The predicted octanol–water partition coefficient (Wildman–Crippen LogP) is 2.45. The van der Waals surface area contributed by atoms with Crippen LogP contribution in [-0.2, 0) is 22.4 Å². The van der Waals surface area contributed by atoms with Crippen LogP contribution in [0.2, 0.25) is 0 Å². The van der Waals surface area contributed by atoms with Crippen molar-refractivity contribution in [2.24, 2.45) is 0 Å². The Morgan fingerprint density at radius 3 is 2.42 bits per heavy atom. The van der Waals surface area contributed by atoms with E-state index >= 15 is 0 Å². The molecular formula is C21H27NO4. The number of phenols is 1. The van der Waals surface area contributed by atoms with Crippen molar-refractivity contribution in [3.8, 4) is 5.75 Å². The molecule has 0 aliphatic rings. The summed E-state index contributed by atoms with van der Waals surface area (Å²) in [6, 6.07) is 16.6. The first kappa shape index (κ1) is 19.9. The highest BCUT2D eigenvalue weighted by atomic mass is 16.5. The number of nitrogens with one attached hydrogen (secondary N) is 1. The molecule has 0 radical (unpaired) electrons. The van der Waals surface area contributed by atoms with Gasteiger partial charge in [-0.15, -0.1) is 0 Å². The van der Waals surface area contributed by atoms with Gasteiger partial charge >= 0.3 is 0 Å². The fourth-order valence-corrected chi connectivity index (χ4v) is 2.60. The Labute approximate surface area is 154 Å². The lowest BCUT2D eigenvalue weighted by Crippen LogP contribution is -2.41. The number of rotatable bonds is 10. The van der Waals surface area contributed by atoms with Crippen molar-refractivity contribution in [2.75, 3.05) is 13.2 Å². The highest BCUT2D eigenvalue weighted by molar-refractivity contribution is 5.76. The summed E-state index contributed by atoms with van der Waals surface area (Å²) in [5.41, 5.74) is 2.12. The number of aromatic hydroxyl groups is 1.